The second kappa shape index (κ2) is 7.29. The summed E-state index contributed by atoms with van der Waals surface area (Å²) in [6, 6.07) is 6.95. The SMILES string of the molecule is Nc1ccc2c(c(Br)cn2Cc2noc(-c3cccc(C(F)(F)F)c3)n2)c1C(F)(F)F. The first-order valence-electron chi connectivity index (χ1n) is 8.59. The molecule has 4 rings (SSSR count). The molecule has 0 fully saturated rings. The molecule has 12 heteroatoms. The number of halogens is 7. The molecule has 0 aliphatic heterocycles. The van der Waals surface area contributed by atoms with Crippen LogP contribution in [0.4, 0.5) is 32.0 Å². The van der Waals surface area contributed by atoms with Crippen molar-refractivity contribution in [2.24, 2.45) is 0 Å². The van der Waals surface area contributed by atoms with Gasteiger partial charge in [0.2, 0.25) is 0 Å². The maximum atomic E-state index is 13.5. The smallest absolute Gasteiger partial charge is 0.398 e. The number of aromatic nitrogens is 3. The Labute approximate surface area is 178 Å². The molecule has 2 aromatic heterocycles. The third kappa shape index (κ3) is 3.99. The van der Waals surface area contributed by atoms with Crippen molar-refractivity contribution in [2.75, 3.05) is 5.73 Å². The first-order chi connectivity index (χ1) is 14.4. The maximum Gasteiger partial charge on any atom is 0.419 e. The minimum atomic E-state index is -4.67. The largest absolute Gasteiger partial charge is 0.419 e. The summed E-state index contributed by atoms with van der Waals surface area (Å²) in [5.41, 5.74) is 3.58. The first-order valence-corrected chi connectivity index (χ1v) is 9.38. The van der Waals surface area contributed by atoms with Crippen LogP contribution in [0.2, 0.25) is 0 Å². The van der Waals surface area contributed by atoms with Gasteiger partial charge in [-0.2, -0.15) is 31.3 Å². The lowest BCUT2D eigenvalue weighted by atomic mass is 10.1. The molecule has 0 spiro atoms. The van der Waals surface area contributed by atoms with Crippen molar-refractivity contribution in [1.82, 2.24) is 14.7 Å². The molecule has 0 amide bonds. The van der Waals surface area contributed by atoms with Crippen LogP contribution in [0, 0.1) is 0 Å². The summed E-state index contributed by atoms with van der Waals surface area (Å²) < 4.78 is 85.8. The highest BCUT2D eigenvalue weighted by molar-refractivity contribution is 9.10. The summed E-state index contributed by atoms with van der Waals surface area (Å²) in [6.07, 6.45) is -7.78. The predicted octanol–water partition coefficient (Wildman–Crippen LogP) is 6.12. The van der Waals surface area contributed by atoms with Crippen LogP contribution >= 0.6 is 15.9 Å². The van der Waals surface area contributed by atoms with E-state index in [0.717, 1.165) is 18.2 Å². The van der Waals surface area contributed by atoms with E-state index in [1.165, 1.54) is 29.0 Å². The molecule has 0 atom stereocenters. The third-order valence-corrected chi connectivity index (χ3v) is 5.13. The molecule has 4 aromatic rings. The van der Waals surface area contributed by atoms with Crippen LogP contribution in [0.3, 0.4) is 0 Å². The molecule has 162 valence electrons. The van der Waals surface area contributed by atoms with Crippen molar-refractivity contribution >= 4 is 32.5 Å². The molecule has 2 heterocycles. The Morgan fingerprint density at radius 2 is 1.77 bits per heavy atom. The zero-order valence-electron chi connectivity index (χ0n) is 15.2. The van der Waals surface area contributed by atoms with E-state index in [9.17, 15) is 26.3 Å². The number of hydrogen-bond donors (Lipinski definition) is 1. The highest BCUT2D eigenvalue weighted by Gasteiger charge is 2.36. The van der Waals surface area contributed by atoms with Gasteiger partial charge in [-0.25, -0.2) is 0 Å². The van der Waals surface area contributed by atoms with Gasteiger partial charge >= 0.3 is 12.4 Å². The van der Waals surface area contributed by atoms with Crippen molar-refractivity contribution in [3.63, 3.8) is 0 Å². The maximum absolute atomic E-state index is 13.5. The monoisotopic (exact) mass is 504 g/mol. The molecular formula is C19H11BrF6N4O. The Bertz CT molecular complexity index is 1270. The molecule has 2 aromatic carbocycles. The summed E-state index contributed by atoms with van der Waals surface area (Å²) in [6.45, 7) is -0.0776. The molecule has 31 heavy (non-hydrogen) atoms. The summed E-state index contributed by atoms with van der Waals surface area (Å²) in [7, 11) is 0. The van der Waals surface area contributed by atoms with Gasteiger partial charge in [0.05, 0.1) is 23.2 Å². The molecule has 0 unspecified atom stereocenters. The highest BCUT2D eigenvalue weighted by Crippen LogP contribution is 2.42. The van der Waals surface area contributed by atoms with Gasteiger partial charge in [-0.05, 0) is 46.3 Å². The first kappa shape index (κ1) is 21.2. The Balaban J connectivity index is 1.70. The predicted molar refractivity (Wildman–Crippen MR) is 103 cm³/mol. The van der Waals surface area contributed by atoms with E-state index >= 15 is 0 Å². The van der Waals surface area contributed by atoms with Crippen molar-refractivity contribution in [3.8, 4) is 11.5 Å². The van der Waals surface area contributed by atoms with E-state index < -0.39 is 29.2 Å². The fraction of sp³-hybridized carbons (Fsp3) is 0.158. The number of anilines is 1. The van der Waals surface area contributed by atoms with E-state index in [1.54, 1.807) is 0 Å². The molecule has 0 bridgehead atoms. The van der Waals surface area contributed by atoms with Crippen LogP contribution in [0.1, 0.15) is 17.0 Å². The summed E-state index contributed by atoms with van der Waals surface area (Å²) in [5.74, 6) is -0.0703. The molecule has 2 N–H and O–H groups in total. The van der Waals surface area contributed by atoms with Crippen LogP contribution in [0.15, 0.2) is 51.6 Å². The molecule has 0 radical (unpaired) electrons. The lowest BCUT2D eigenvalue weighted by Crippen LogP contribution is -2.10. The second-order valence-corrected chi connectivity index (χ2v) is 7.48. The normalized spacial score (nSPS) is 12.6. The zero-order valence-corrected chi connectivity index (χ0v) is 16.8. The van der Waals surface area contributed by atoms with Gasteiger partial charge in [0.1, 0.15) is 0 Å². The van der Waals surface area contributed by atoms with E-state index in [2.05, 4.69) is 26.1 Å². The van der Waals surface area contributed by atoms with Crippen molar-refractivity contribution < 1.29 is 30.9 Å². The Kier molecular flexibility index (Phi) is 4.99. The summed E-state index contributed by atoms with van der Waals surface area (Å²) >= 11 is 3.13. The molecule has 0 aliphatic rings. The van der Waals surface area contributed by atoms with Crippen LogP contribution in [0.25, 0.3) is 22.4 Å². The number of nitrogens with zero attached hydrogens (tertiary/aromatic N) is 3. The lowest BCUT2D eigenvalue weighted by Gasteiger charge is -2.12. The minimum Gasteiger partial charge on any atom is -0.398 e. The average Bonchev–Trinajstić information content (AvgIpc) is 3.25. The van der Waals surface area contributed by atoms with E-state index in [-0.39, 0.29) is 39.2 Å². The van der Waals surface area contributed by atoms with Gasteiger partial charge in [-0.3, -0.25) is 0 Å². The number of fused-ring (bicyclic) bond motifs is 1. The Morgan fingerprint density at radius 3 is 2.45 bits per heavy atom. The molecular weight excluding hydrogens is 494 g/mol. The van der Waals surface area contributed by atoms with E-state index in [1.807, 2.05) is 0 Å². The Morgan fingerprint density at radius 1 is 1.03 bits per heavy atom. The minimum absolute atomic E-state index is 0.0688. The fourth-order valence-electron chi connectivity index (χ4n) is 3.21. The van der Waals surface area contributed by atoms with Gasteiger partial charge in [-0.1, -0.05) is 11.2 Å². The van der Waals surface area contributed by atoms with Gasteiger partial charge in [-0.15, -0.1) is 0 Å². The lowest BCUT2D eigenvalue weighted by molar-refractivity contribution is -0.137. The highest BCUT2D eigenvalue weighted by atomic mass is 79.9. The van der Waals surface area contributed by atoms with Crippen LogP contribution in [-0.4, -0.2) is 14.7 Å². The molecule has 0 aliphatic carbocycles. The van der Waals surface area contributed by atoms with Gasteiger partial charge in [0.25, 0.3) is 5.89 Å². The van der Waals surface area contributed by atoms with E-state index in [0.29, 0.717) is 0 Å². The molecule has 5 nitrogen and oxygen atoms in total. The van der Waals surface area contributed by atoms with Crippen molar-refractivity contribution in [3.05, 3.63) is 64.0 Å². The number of nitrogen functional groups attached to an aromatic ring is 1. The van der Waals surface area contributed by atoms with Crippen LogP contribution < -0.4 is 5.73 Å². The number of nitrogens with two attached hydrogens (primary N) is 1. The molecule has 0 saturated heterocycles. The number of rotatable bonds is 3. The number of hydrogen-bond acceptors (Lipinski definition) is 4. The zero-order chi connectivity index (χ0) is 22.6. The quantitative estimate of drug-likeness (QED) is 0.269. The van der Waals surface area contributed by atoms with Gasteiger partial charge in [0.15, 0.2) is 5.82 Å². The fourth-order valence-corrected chi connectivity index (χ4v) is 3.86. The molecule has 0 saturated carbocycles. The van der Waals surface area contributed by atoms with E-state index in [4.69, 9.17) is 10.3 Å². The summed E-state index contributed by atoms with van der Waals surface area (Å²) in [4.78, 5) is 4.08. The van der Waals surface area contributed by atoms with Gasteiger partial charge < -0.3 is 14.8 Å². The van der Waals surface area contributed by atoms with Gasteiger partial charge in [0, 0.05) is 27.3 Å². The standard InChI is InChI=1S/C19H11BrF6N4O/c20-11-7-30(13-5-4-12(27)16(15(11)13)19(24,25)26)8-14-28-17(31-29-14)9-2-1-3-10(6-9)18(21,22)23/h1-7H,8,27H2. The van der Waals surface area contributed by atoms with Crippen molar-refractivity contribution in [2.45, 2.75) is 18.9 Å². The number of benzene rings is 2. The third-order valence-electron chi connectivity index (χ3n) is 4.53. The summed E-state index contributed by atoms with van der Waals surface area (Å²) in [5, 5.41) is 3.62. The van der Waals surface area contributed by atoms with Crippen LogP contribution in [-0.2, 0) is 18.9 Å². The second-order valence-electron chi connectivity index (χ2n) is 6.62. The Hall–Kier alpha value is -3.02. The van der Waals surface area contributed by atoms with Crippen molar-refractivity contribution in [1.29, 1.82) is 0 Å². The average molecular weight is 505 g/mol. The number of alkyl halides is 6. The topological polar surface area (TPSA) is 69.9 Å². The van der Waals surface area contributed by atoms with Crippen LogP contribution in [0.5, 0.6) is 0 Å².